The van der Waals surface area contributed by atoms with Gasteiger partial charge in [0.2, 0.25) is 0 Å². The molecular weight excluding hydrogens is 222 g/mol. The van der Waals surface area contributed by atoms with Crippen molar-refractivity contribution in [2.75, 3.05) is 6.54 Å². The Bertz CT molecular complexity index is 383. The average molecular weight is 237 g/mol. The van der Waals surface area contributed by atoms with Crippen LogP contribution in [-0.4, -0.2) is 26.7 Å². The standard InChI is InChI=1S/C10H15N5S/c1-8(9-5-16-7-13-9)11-4-2-3-10-12-6-14-15-10/h5-8,11H,2-4H2,1H3,(H,12,14,15). The van der Waals surface area contributed by atoms with Crippen LogP contribution in [0.1, 0.15) is 30.9 Å². The Morgan fingerprint density at radius 1 is 1.50 bits per heavy atom. The number of nitrogens with zero attached hydrogens (tertiary/aromatic N) is 3. The van der Waals surface area contributed by atoms with Gasteiger partial charge in [0.05, 0.1) is 11.2 Å². The van der Waals surface area contributed by atoms with Gasteiger partial charge in [-0.3, -0.25) is 5.10 Å². The molecule has 0 aliphatic carbocycles. The zero-order valence-electron chi connectivity index (χ0n) is 9.18. The first kappa shape index (κ1) is 11.2. The molecule has 2 aromatic heterocycles. The van der Waals surface area contributed by atoms with Crippen molar-refractivity contribution in [1.29, 1.82) is 0 Å². The molecule has 5 nitrogen and oxygen atoms in total. The summed E-state index contributed by atoms with van der Waals surface area (Å²) >= 11 is 1.63. The number of aryl methyl sites for hydroxylation is 1. The summed E-state index contributed by atoms with van der Waals surface area (Å²) in [6.07, 6.45) is 3.52. The highest BCUT2D eigenvalue weighted by Gasteiger charge is 2.05. The topological polar surface area (TPSA) is 66.5 Å². The largest absolute Gasteiger partial charge is 0.309 e. The van der Waals surface area contributed by atoms with Crippen molar-refractivity contribution >= 4 is 11.3 Å². The lowest BCUT2D eigenvalue weighted by atomic mass is 10.2. The number of aromatic amines is 1. The van der Waals surface area contributed by atoms with E-state index in [1.807, 2.05) is 5.51 Å². The number of hydrogen-bond donors (Lipinski definition) is 2. The maximum Gasteiger partial charge on any atom is 0.137 e. The zero-order chi connectivity index (χ0) is 11.2. The van der Waals surface area contributed by atoms with E-state index in [1.165, 1.54) is 0 Å². The van der Waals surface area contributed by atoms with Crippen molar-refractivity contribution < 1.29 is 0 Å². The van der Waals surface area contributed by atoms with Crippen LogP contribution in [0.3, 0.4) is 0 Å². The van der Waals surface area contributed by atoms with Crippen LogP contribution in [-0.2, 0) is 6.42 Å². The fourth-order valence-corrected chi connectivity index (χ4v) is 2.11. The van der Waals surface area contributed by atoms with E-state index in [2.05, 4.69) is 37.8 Å². The van der Waals surface area contributed by atoms with Gasteiger partial charge >= 0.3 is 0 Å². The second kappa shape index (κ2) is 5.72. The third-order valence-corrected chi connectivity index (χ3v) is 3.01. The number of H-pyrrole nitrogens is 1. The van der Waals surface area contributed by atoms with Crippen molar-refractivity contribution in [3.8, 4) is 0 Å². The molecule has 86 valence electrons. The van der Waals surface area contributed by atoms with E-state index in [0.29, 0.717) is 6.04 Å². The lowest BCUT2D eigenvalue weighted by molar-refractivity contribution is 0.546. The summed E-state index contributed by atoms with van der Waals surface area (Å²) in [6.45, 7) is 3.09. The monoisotopic (exact) mass is 237 g/mol. The van der Waals surface area contributed by atoms with Gasteiger partial charge in [-0.15, -0.1) is 11.3 Å². The van der Waals surface area contributed by atoms with Crippen LogP contribution in [0.5, 0.6) is 0 Å². The minimum atomic E-state index is 0.320. The van der Waals surface area contributed by atoms with Gasteiger partial charge in [-0.05, 0) is 19.9 Å². The Morgan fingerprint density at radius 3 is 3.12 bits per heavy atom. The van der Waals surface area contributed by atoms with Crippen LogP contribution in [0.4, 0.5) is 0 Å². The van der Waals surface area contributed by atoms with E-state index < -0.39 is 0 Å². The van der Waals surface area contributed by atoms with Gasteiger partial charge in [0.1, 0.15) is 12.2 Å². The van der Waals surface area contributed by atoms with Gasteiger partial charge < -0.3 is 5.32 Å². The first-order valence-electron chi connectivity index (χ1n) is 5.32. The molecule has 2 N–H and O–H groups in total. The lowest BCUT2D eigenvalue weighted by Crippen LogP contribution is -2.20. The SMILES string of the molecule is CC(NCCCc1ncn[nH]1)c1cscn1. The molecule has 0 saturated heterocycles. The highest BCUT2D eigenvalue weighted by Crippen LogP contribution is 2.11. The molecule has 0 bridgehead atoms. The third kappa shape index (κ3) is 3.11. The smallest absolute Gasteiger partial charge is 0.137 e. The summed E-state index contributed by atoms with van der Waals surface area (Å²) in [5.74, 6) is 0.947. The van der Waals surface area contributed by atoms with Crippen molar-refractivity contribution in [3.05, 3.63) is 28.7 Å². The van der Waals surface area contributed by atoms with Gasteiger partial charge in [-0.1, -0.05) is 0 Å². The molecule has 0 aliphatic heterocycles. The molecule has 1 unspecified atom stereocenters. The number of hydrogen-bond acceptors (Lipinski definition) is 5. The number of nitrogens with one attached hydrogen (secondary N) is 2. The molecule has 0 amide bonds. The lowest BCUT2D eigenvalue weighted by Gasteiger charge is -2.10. The van der Waals surface area contributed by atoms with E-state index in [1.54, 1.807) is 17.7 Å². The highest BCUT2D eigenvalue weighted by atomic mass is 32.1. The molecule has 16 heavy (non-hydrogen) atoms. The molecule has 0 aliphatic rings. The predicted molar refractivity (Wildman–Crippen MR) is 63.2 cm³/mol. The Morgan fingerprint density at radius 2 is 2.44 bits per heavy atom. The molecule has 1 atom stereocenters. The molecule has 0 radical (unpaired) electrons. The zero-order valence-corrected chi connectivity index (χ0v) is 10.00. The minimum Gasteiger partial charge on any atom is -0.309 e. The van der Waals surface area contributed by atoms with Crippen molar-refractivity contribution in [2.45, 2.75) is 25.8 Å². The van der Waals surface area contributed by atoms with Crippen LogP contribution in [0.15, 0.2) is 17.2 Å². The molecule has 0 aromatic carbocycles. The summed E-state index contributed by atoms with van der Waals surface area (Å²) in [4.78, 5) is 8.35. The normalized spacial score (nSPS) is 12.8. The van der Waals surface area contributed by atoms with E-state index in [-0.39, 0.29) is 0 Å². The first-order valence-corrected chi connectivity index (χ1v) is 6.26. The van der Waals surface area contributed by atoms with Crippen LogP contribution in [0.25, 0.3) is 0 Å². The number of thiazole rings is 1. The van der Waals surface area contributed by atoms with Crippen LogP contribution < -0.4 is 5.32 Å². The second-order valence-corrected chi connectivity index (χ2v) is 4.34. The van der Waals surface area contributed by atoms with E-state index >= 15 is 0 Å². The van der Waals surface area contributed by atoms with Crippen LogP contribution in [0, 0.1) is 0 Å². The molecular formula is C10H15N5S. The van der Waals surface area contributed by atoms with E-state index in [0.717, 1.165) is 30.9 Å². The van der Waals surface area contributed by atoms with Gasteiger partial charge in [0.25, 0.3) is 0 Å². The van der Waals surface area contributed by atoms with E-state index in [9.17, 15) is 0 Å². The van der Waals surface area contributed by atoms with Crippen molar-refractivity contribution in [3.63, 3.8) is 0 Å². The molecule has 0 saturated carbocycles. The fraction of sp³-hybridized carbons (Fsp3) is 0.500. The molecule has 0 fully saturated rings. The number of aromatic nitrogens is 4. The maximum absolute atomic E-state index is 4.27. The maximum atomic E-state index is 4.27. The summed E-state index contributed by atoms with van der Waals surface area (Å²) in [7, 11) is 0. The molecule has 2 rings (SSSR count). The van der Waals surface area contributed by atoms with Gasteiger partial charge in [0.15, 0.2) is 0 Å². The van der Waals surface area contributed by atoms with E-state index in [4.69, 9.17) is 0 Å². The average Bonchev–Trinajstić information content (AvgIpc) is 2.96. The molecule has 2 aromatic rings. The first-order chi connectivity index (χ1) is 7.86. The molecule has 0 spiro atoms. The number of rotatable bonds is 6. The summed E-state index contributed by atoms with van der Waals surface area (Å²) < 4.78 is 0. The third-order valence-electron chi connectivity index (χ3n) is 2.40. The quantitative estimate of drug-likeness (QED) is 0.748. The van der Waals surface area contributed by atoms with Crippen LogP contribution >= 0.6 is 11.3 Å². The minimum absolute atomic E-state index is 0.320. The highest BCUT2D eigenvalue weighted by molar-refractivity contribution is 7.07. The van der Waals surface area contributed by atoms with Gasteiger partial charge in [-0.25, -0.2) is 9.97 Å². The van der Waals surface area contributed by atoms with Crippen molar-refractivity contribution in [1.82, 2.24) is 25.5 Å². The summed E-state index contributed by atoms with van der Waals surface area (Å²) in [5.41, 5.74) is 2.98. The van der Waals surface area contributed by atoms with Crippen molar-refractivity contribution in [2.24, 2.45) is 0 Å². The Kier molecular flexibility index (Phi) is 4.01. The van der Waals surface area contributed by atoms with Gasteiger partial charge in [-0.2, -0.15) is 5.10 Å². The Labute approximate surface area is 98.3 Å². The summed E-state index contributed by atoms with van der Waals surface area (Å²) in [6, 6.07) is 0.320. The van der Waals surface area contributed by atoms with Crippen LogP contribution in [0.2, 0.25) is 0 Å². The Hall–Kier alpha value is -1.27. The fourth-order valence-electron chi connectivity index (χ4n) is 1.47. The molecule has 2 heterocycles. The Balaban J connectivity index is 1.65. The second-order valence-electron chi connectivity index (χ2n) is 3.62. The predicted octanol–water partition coefficient (Wildman–Crippen LogP) is 1.54. The van der Waals surface area contributed by atoms with Gasteiger partial charge in [0, 0.05) is 17.8 Å². The summed E-state index contributed by atoms with van der Waals surface area (Å²) in [5, 5.41) is 12.2. The molecule has 6 heteroatoms.